The number of aliphatic hydroxyl groups excluding tert-OH is 1. The smallest absolute Gasteiger partial charge is 0.347 e. The molecule has 2 atom stereocenters. The minimum absolute atomic E-state index is 0.00391. The molecular weight excluding hydrogens is 198 g/mol. The molecule has 0 aromatic rings. The van der Waals surface area contributed by atoms with Crippen LogP contribution in [0, 0.1) is 0 Å². The molecule has 0 saturated carbocycles. The molecule has 6 nitrogen and oxygen atoms in total. The highest BCUT2D eigenvalue weighted by Crippen LogP contribution is 2.24. The first kappa shape index (κ1) is 10.4. The number of hydrogen-bond donors (Lipinski definition) is 2. The number of ether oxygens (including phenoxy) is 1. The summed E-state index contributed by atoms with van der Waals surface area (Å²) in [6.07, 6.45) is 1.74. The lowest BCUT2D eigenvalue weighted by molar-refractivity contribution is -0.0491. The van der Waals surface area contributed by atoms with Gasteiger partial charge in [-0.1, -0.05) is 0 Å². The summed E-state index contributed by atoms with van der Waals surface area (Å²) in [7, 11) is 0. The normalized spacial score (nSPS) is 31.9. The maximum atomic E-state index is 11.5. The Hall–Kier alpha value is -1.14. The van der Waals surface area contributed by atoms with Gasteiger partial charge in [-0.2, -0.15) is 4.99 Å². The summed E-state index contributed by atoms with van der Waals surface area (Å²) in [6, 6.07) is -0.331. The van der Waals surface area contributed by atoms with E-state index in [9.17, 15) is 4.79 Å². The SMILES string of the molecule is NC1=NC(=O)N([C@H]2CCC(CO)O2)CC1. The van der Waals surface area contributed by atoms with Gasteiger partial charge in [0.25, 0.3) is 0 Å². The van der Waals surface area contributed by atoms with Crippen molar-refractivity contribution in [2.45, 2.75) is 31.6 Å². The fourth-order valence-corrected chi connectivity index (χ4v) is 1.89. The molecule has 2 heterocycles. The fraction of sp³-hybridized carbons (Fsp3) is 0.778. The van der Waals surface area contributed by atoms with E-state index in [2.05, 4.69) is 4.99 Å². The summed E-state index contributed by atoms with van der Waals surface area (Å²) in [5, 5.41) is 8.91. The zero-order valence-corrected chi connectivity index (χ0v) is 8.43. The topological polar surface area (TPSA) is 88.2 Å². The van der Waals surface area contributed by atoms with E-state index in [4.69, 9.17) is 15.6 Å². The molecule has 0 aromatic heterocycles. The third kappa shape index (κ3) is 2.10. The molecule has 0 aromatic carbocycles. The van der Waals surface area contributed by atoms with Crippen molar-refractivity contribution in [2.24, 2.45) is 10.7 Å². The van der Waals surface area contributed by atoms with Gasteiger partial charge in [0, 0.05) is 13.0 Å². The van der Waals surface area contributed by atoms with Crippen LogP contribution in [0.2, 0.25) is 0 Å². The minimum Gasteiger partial charge on any atom is -0.394 e. The first-order chi connectivity index (χ1) is 7.20. The number of carbonyl (C=O) groups excluding carboxylic acids is 1. The Bertz CT molecular complexity index is 292. The average molecular weight is 213 g/mol. The number of nitrogens with two attached hydrogens (primary N) is 1. The second-order valence-electron chi connectivity index (χ2n) is 3.80. The van der Waals surface area contributed by atoms with E-state index in [0.717, 1.165) is 12.8 Å². The molecule has 15 heavy (non-hydrogen) atoms. The van der Waals surface area contributed by atoms with Gasteiger partial charge in [-0.05, 0) is 12.8 Å². The molecule has 0 radical (unpaired) electrons. The summed E-state index contributed by atoms with van der Waals surface area (Å²) < 4.78 is 5.50. The molecule has 2 aliphatic heterocycles. The van der Waals surface area contributed by atoms with Crippen molar-refractivity contribution in [1.29, 1.82) is 0 Å². The highest BCUT2D eigenvalue weighted by molar-refractivity contribution is 5.95. The van der Waals surface area contributed by atoms with Crippen molar-refractivity contribution in [3.05, 3.63) is 0 Å². The number of aliphatic imine (C=N–C) groups is 1. The van der Waals surface area contributed by atoms with Crippen LogP contribution in [0.3, 0.4) is 0 Å². The predicted molar refractivity (Wildman–Crippen MR) is 53.3 cm³/mol. The summed E-state index contributed by atoms with van der Waals surface area (Å²) >= 11 is 0. The van der Waals surface area contributed by atoms with Crippen molar-refractivity contribution >= 4 is 11.9 Å². The van der Waals surface area contributed by atoms with Gasteiger partial charge < -0.3 is 15.6 Å². The maximum absolute atomic E-state index is 11.5. The first-order valence-electron chi connectivity index (χ1n) is 5.10. The summed E-state index contributed by atoms with van der Waals surface area (Å²) in [5.74, 6) is 0.382. The highest BCUT2D eigenvalue weighted by atomic mass is 16.5. The quantitative estimate of drug-likeness (QED) is 0.657. The second kappa shape index (κ2) is 4.16. The van der Waals surface area contributed by atoms with Crippen LogP contribution in [0.1, 0.15) is 19.3 Å². The van der Waals surface area contributed by atoms with E-state index in [1.54, 1.807) is 4.90 Å². The van der Waals surface area contributed by atoms with E-state index < -0.39 is 0 Å². The lowest BCUT2D eigenvalue weighted by Crippen LogP contribution is -2.44. The first-order valence-corrected chi connectivity index (χ1v) is 5.10. The number of amidine groups is 1. The summed E-state index contributed by atoms with van der Waals surface area (Å²) in [4.78, 5) is 16.8. The number of urea groups is 1. The predicted octanol–water partition coefficient (Wildman–Crippen LogP) is -0.333. The van der Waals surface area contributed by atoms with Gasteiger partial charge in [-0.25, -0.2) is 4.79 Å². The van der Waals surface area contributed by atoms with Crippen LogP contribution in [0.4, 0.5) is 4.79 Å². The molecule has 2 aliphatic rings. The highest BCUT2D eigenvalue weighted by Gasteiger charge is 2.33. The van der Waals surface area contributed by atoms with Crippen LogP contribution in [0.25, 0.3) is 0 Å². The van der Waals surface area contributed by atoms with Gasteiger partial charge >= 0.3 is 6.03 Å². The number of nitrogens with zero attached hydrogens (tertiary/aromatic N) is 2. The largest absolute Gasteiger partial charge is 0.394 e. The Morgan fingerprint density at radius 2 is 2.40 bits per heavy atom. The Balaban J connectivity index is 1.98. The number of hydrogen-bond acceptors (Lipinski definition) is 4. The Morgan fingerprint density at radius 3 is 3.00 bits per heavy atom. The van der Waals surface area contributed by atoms with Gasteiger partial charge in [0.1, 0.15) is 12.1 Å². The van der Waals surface area contributed by atoms with E-state index in [1.807, 2.05) is 0 Å². The molecule has 0 spiro atoms. The van der Waals surface area contributed by atoms with Crippen LogP contribution in [0.15, 0.2) is 4.99 Å². The van der Waals surface area contributed by atoms with E-state index >= 15 is 0 Å². The third-order valence-electron chi connectivity index (χ3n) is 2.73. The van der Waals surface area contributed by atoms with Crippen LogP contribution >= 0.6 is 0 Å². The Kier molecular flexibility index (Phi) is 2.88. The van der Waals surface area contributed by atoms with Gasteiger partial charge in [0.05, 0.1) is 12.7 Å². The lowest BCUT2D eigenvalue weighted by Gasteiger charge is -2.29. The van der Waals surface area contributed by atoms with Crippen molar-refractivity contribution < 1.29 is 14.6 Å². The molecule has 0 aliphatic carbocycles. The molecule has 2 amide bonds. The molecule has 1 fully saturated rings. The van der Waals surface area contributed by atoms with E-state index in [1.165, 1.54) is 0 Å². The average Bonchev–Trinajstić information content (AvgIpc) is 2.66. The molecule has 0 bridgehead atoms. The zero-order chi connectivity index (χ0) is 10.8. The van der Waals surface area contributed by atoms with Crippen LogP contribution < -0.4 is 5.73 Å². The molecule has 2 rings (SSSR count). The molecule has 1 saturated heterocycles. The van der Waals surface area contributed by atoms with Crippen LogP contribution in [-0.2, 0) is 4.74 Å². The third-order valence-corrected chi connectivity index (χ3v) is 2.73. The van der Waals surface area contributed by atoms with E-state index in [-0.39, 0.29) is 25.0 Å². The standard InChI is InChI=1S/C9H15N3O3/c10-7-3-4-12(9(14)11-7)8-2-1-6(5-13)15-8/h6,8,13H,1-5H2,(H2,10,11,14)/t6?,8-/m1/s1. The molecule has 84 valence electrons. The van der Waals surface area contributed by atoms with E-state index in [0.29, 0.717) is 18.8 Å². The molecule has 6 heteroatoms. The minimum atomic E-state index is -0.331. The summed E-state index contributed by atoms with van der Waals surface area (Å²) in [6.45, 7) is 0.556. The maximum Gasteiger partial charge on any atom is 0.347 e. The van der Waals surface area contributed by atoms with Crippen LogP contribution in [-0.4, -0.2) is 47.4 Å². The number of amides is 2. The van der Waals surface area contributed by atoms with Crippen molar-refractivity contribution in [3.8, 4) is 0 Å². The number of aliphatic hydroxyl groups is 1. The van der Waals surface area contributed by atoms with Gasteiger partial charge in [0.2, 0.25) is 0 Å². The lowest BCUT2D eigenvalue weighted by atomic mass is 10.2. The van der Waals surface area contributed by atoms with Gasteiger partial charge in [-0.3, -0.25) is 4.90 Å². The fourth-order valence-electron chi connectivity index (χ4n) is 1.89. The number of carbonyl (C=O) groups is 1. The summed E-state index contributed by atoms with van der Waals surface area (Å²) in [5.41, 5.74) is 5.46. The molecule has 3 N–H and O–H groups in total. The molecule has 1 unspecified atom stereocenters. The van der Waals surface area contributed by atoms with Crippen molar-refractivity contribution in [2.75, 3.05) is 13.2 Å². The second-order valence-corrected chi connectivity index (χ2v) is 3.80. The van der Waals surface area contributed by atoms with Crippen LogP contribution in [0.5, 0.6) is 0 Å². The molecular formula is C9H15N3O3. The number of rotatable bonds is 2. The van der Waals surface area contributed by atoms with Crippen molar-refractivity contribution in [3.63, 3.8) is 0 Å². The van der Waals surface area contributed by atoms with Crippen molar-refractivity contribution in [1.82, 2.24) is 4.90 Å². The zero-order valence-electron chi connectivity index (χ0n) is 8.43. The van der Waals surface area contributed by atoms with Gasteiger partial charge in [0.15, 0.2) is 0 Å². The Morgan fingerprint density at radius 1 is 1.60 bits per heavy atom. The van der Waals surface area contributed by atoms with Gasteiger partial charge in [-0.15, -0.1) is 0 Å². The monoisotopic (exact) mass is 213 g/mol. The Labute approximate surface area is 87.7 Å².